The van der Waals surface area contributed by atoms with E-state index in [-0.39, 0.29) is 5.92 Å². The molecule has 1 atom stereocenters. The van der Waals surface area contributed by atoms with Crippen molar-refractivity contribution in [1.82, 2.24) is 5.32 Å². The number of nitrogens with one attached hydrogen (secondary N) is 1. The lowest BCUT2D eigenvalue weighted by Crippen LogP contribution is -2.21. The summed E-state index contributed by atoms with van der Waals surface area (Å²) in [5.41, 5.74) is 4.11. The number of fused-ring (bicyclic) bond motifs is 3. The minimum Gasteiger partial charge on any atom is -0.464 e. The molecule has 0 fully saturated rings. The highest BCUT2D eigenvalue weighted by molar-refractivity contribution is 5.90. The van der Waals surface area contributed by atoms with Gasteiger partial charge in [-0.1, -0.05) is 42.5 Å². The Morgan fingerprint density at radius 1 is 1.05 bits per heavy atom. The Morgan fingerprint density at radius 2 is 1.71 bits per heavy atom. The summed E-state index contributed by atoms with van der Waals surface area (Å²) >= 11 is 0. The van der Waals surface area contributed by atoms with Crippen LogP contribution in [0.4, 0.5) is 0 Å². The third-order valence-corrected chi connectivity index (χ3v) is 3.72. The second-order valence-electron chi connectivity index (χ2n) is 5.03. The standard InChI is InChI=1S/C18H17NO2/c1-19-10-13(11-20)17-12-21-18-9-5-4-8-16(18)14-6-2-3-7-15(14)17/h2-9,11-13,19H,10H2,1H3. The molecule has 0 spiro atoms. The average molecular weight is 279 g/mol. The number of rotatable bonds is 4. The number of carbonyl (C=O) groups excluding carboxylic acids is 1. The van der Waals surface area contributed by atoms with E-state index < -0.39 is 0 Å². The van der Waals surface area contributed by atoms with E-state index in [2.05, 4.69) is 11.4 Å². The molecule has 1 aliphatic heterocycles. The summed E-state index contributed by atoms with van der Waals surface area (Å²) in [5.74, 6) is 0.583. The van der Waals surface area contributed by atoms with Crippen molar-refractivity contribution >= 4 is 11.9 Å². The number of carbonyl (C=O) groups is 1. The molecule has 2 aromatic carbocycles. The van der Waals surface area contributed by atoms with Crippen LogP contribution >= 0.6 is 0 Å². The smallest absolute Gasteiger partial charge is 0.134 e. The average Bonchev–Trinajstić information content (AvgIpc) is 2.70. The van der Waals surface area contributed by atoms with Gasteiger partial charge in [-0.05, 0) is 24.2 Å². The molecule has 1 unspecified atom stereocenters. The maximum atomic E-state index is 11.5. The van der Waals surface area contributed by atoms with E-state index in [1.807, 2.05) is 49.5 Å². The van der Waals surface area contributed by atoms with Gasteiger partial charge in [-0.15, -0.1) is 0 Å². The van der Waals surface area contributed by atoms with Crippen molar-refractivity contribution in [3.63, 3.8) is 0 Å². The first kappa shape index (κ1) is 13.6. The largest absolute Gasteiger partial charge is 0.464 e. The topological polar surface area (TPSA) is 38.3 Å². The van der Waals surface area contributed by atoms with Crippen molar-refractivity contribution in [3.05, 3.63) is 60.4 Å². The van der Waals surface area contributed by atoms with Crippen LogP contribution in [0.3, 0.4) is 0 Å². The van der Waals surface area contributed by atoms with Crippen molar-refractivity contribution in [2.24, 2.45) is 5.92 Å². The zero-order valence-electron chi connectivity index (χ0n) is 11.9. The van der Waals surface area contributed by atoms with Crippen LogP contribution in [0.15, 0.2) is 54.8 Å². The molecular formula is C18H17NO2. The molecule has 0 saturated heterocycles. The summed E-state index contributed by atoms with van der Waals surface area (Å²) in [6.07, 6.45) is 2.68. The number of hydrogen-bond donors (Lipinski definition) is 1. The van der Waals surface area contributed by atoms with Crippen LogP contribution < -0.4 is 10.1 Å². The van der Waals surface area contributed by atoms with E-state index in [1.165, 1.54) is 0 Å². The quantitative estimate of drug-likeness (QED) is 0.874. The molecule has 0 aromatic heterocycles. The maximum absolute atomic E-state index is 11.5. The van der Waals surface area contributed by atoms with Gasteiger partial charge in [-0.2, -0.15) is 0 Å². The van der Waals surface area contributed by atoms with Crippen LogP contribution in [0.1, 0.15) is 5.56 Å². The zero-order chi connectivity index (χ0) is 14.7. The van der Waals surface area contributed by atoms with Gasteiger partial charge in [0.05, 0.1) is 12.2 Å². The second-order valence-corrected chi connectivity index (χ2v) is 5.03. The van der Waals surface area contributed by atoms with Gasteiger partial charge in [0.2, 0.25) is 0 Å². The summed E-state index contributed by atoms with van der Waals surface area (Å²) in [7, 11) is 1.84. The van der Waals surface area contributed by atoms with Gasteiger partial charge in [0.15, 0.2) is 0 Å². The van der Waals surface area contributed by atoms with Crippen molar-refractivity contribution in [2.75, 3.05) is 13.6 Å². The van der Waals surface area contributed by atoms with Gasteiger partial charge in [0.1, 0.15) is 12.0 Å². The van der Waals surface area contributed by atoms with E-state index >= 15 is 0 Å². The van der Waals surface area contributed by atoms with E-state index in [0.29, 0.717) is 6.54 Å². The van der Waals surface area contributed by atoms with Crippen molar-refractivity contribution in [1.29, 1.82) is 0 Å². The van der Waals surface area contributed by atoms with Gasteiger partial charge in [0, 0.05) is 17.7 Å². The fourth-order valence-electron chi connectivity index (χ4n) is 2.69. The normalized spacial score (nSPS) is 14.0. The molecule has 3 heteroatoms. The number of para-hydroxylation sites is 1. The molecule has 0 aliphatic carbocycles. The fraction of sp³-hybridized carbons (Fsp3) is 0.167. The van der Waals surface area contributed by atoms with Crippen LogP contribution in [0.5, 0.6) is 5.75 Å². The SMILES string of the molecule is CNCC(C=O)C1=COc2ccccc2-c2ccccc21. The number of benzene rings is 2. The first-order chi connectivity index (χ1) is 10.3. The summed E-state index contributed by atoms with van der Waals surface area (Å²) in [6.45, 7) is 0.587. The minimum atomic E-state index is -0.231. The third-order valence-electron chi connectivity index (χ3n) is 3.72. The number of hydrogen-bond acceptors (Lipinski definition) is 3. The van der Waals surface area contributed by atoms with Crippen molar-refractivity contribution < 1.29 is 9.53 Å². The van der Waals surface area contributed by atoms with E-state index in [1.54, 1.807) is 6.26 Å². The summed E-state index contributed by atoms with van der Waals surface area (Å²) in [4.78, 5) is 11.5. The fourth-order valence-corrected chi connectivity index (χ4v) is 2.69. The third kappa shape index (κ3) is 2.48. The summed E-state index contributed by atoms with van der Waals surface area (Å²) < 4.78 is 5.82. The molecule has 0 amide bonds. The predicted octanol–water partition coefficient (Wildman–Crippen LogP) is 3.12. The Bertz CT molecular complexity index is 691. The summed E-state index contributed by atoms with van der Waals surface area (Å²) in [6, 6.07) is 16.0. The molecule has 0 saturated carbocycles. The zero-order valence-corrected chi connectivity index (χ0v) is 11.9. The van der Waals surface area contributed by atoms with Crippen molar-refractivity contribution in [3.8, 4) is 16.9 Å². The molecule has 1 heterocycles. The highest BCUT2D eigenvalue weighted by Crippen LogP contribution is 2.39. The Hall–Kier alpha value is -2.39. The molecule has 3 rings (SSSR count). The lowest BCUT2D eigenvalue weighted by molar-refractivity contribution is -0.109. The first-order valence-corrected chi connectivity index (χ1v) is 7.00. The lowest BCUT2D eigenvalue weighted by Gasteiger charge is -2.15. The van der Waals surface area contributed by atoms with Gasteiger partial charge in [-0.25, -0.2) is 0 Å². The Kier molecular flexibility index (Phi) is 3.84. The molecule has 21 heavy (non-hydrogen) atoms. The molecule has 106 valence electrons. The lowest BCUT2D eigenvalue weighted by atomic mass is 9.89. The summed E-state index contributed by atoms with van der Waals surface area (Å²) in [5, 5.41) is 3.06. The Balaban J connectivity index is 2.17. The van der Waals surface area contributed by atoms with E-state index in [4.69, 9.17) is 4.74 Å². The molecule has 3 nitrogen and oxygen atoms in total. The van der Waals surface area contributed by atoms with Gasteiger partial charge in [-0.3, -0.25) is 0 Å². The van der Waals surface area contributed by atoms with E-state index in [0.717, 1.165) is 34.3 Å². The van der Waals surface area contributed by atoms with Gasteiger partial charge in [0.25, 0.3) is 0 Å². The highest BCUT2D eigenvalue weighted by atomic mass is 16.5. The first-order valence-electron chi connectivity index (χ1n) is 7.00. The minimum absolute atomic E-state index is 0.231. The Morgan fingerprint density at radius 3 is 2.43 bits per heavy atom. The second kappa shape index (κ2) is 5.94. The van der Waals surface area contributed by atoms with Crippen LogP contribution in [0.25, 0.3) is 16.7 Å². The number of ether oxygens (including phenoxy) is 1. The molecule has 1 aliphatic rings. The molecule has 0 bridgehead atoms. The predicted molar refractivity (Wildman–Crippen MR) is 84.0 cm³/mol. The van der Waals surface area contributed by atoms with Crippen LogP contribution in [-0.2, 0) is 4.79 Å². The van der Waals surface area contributed by atoms with Crippen LogP contribution in [-0.4, -0.2) is 19.9 Å². The molecular weight excluding hydrogens is 262 g/mol. The molecule has 0 radical (unpaired) electrons. The highest BCUT2D eigenvalue weighted by Gasteiger charge is 2.22. The van der Waals surface area contributed by atoms with E-state index in [9.17, 15) is 4.79 Å². The van der Waals surface area contributed by atoms with Crippen LogP contribution in [0.2, 0.25) is 0 Å². The van der Waals surface area contributed by atoms with Gasteiger partial charge < -0.3 is 14.8 Å². The van der Waals surface area contributed by atoms with Gasteiger partial charge >= 0.3 is 0 Å². The molecule has 1 N–H and O–H groups in total. The maximum Gasteiger partial charge on any atom is 0.134 e. The monoisotopic (exact) mass is 279 g/mol. The molecule has 2 aromatic rings. The number of aldehydes is 1. The Labute approximate surface area is 124 Å². The van der Waals surface area contributed by atoms with Crippen LogP contribution in [0, 0.1) is 5.92 Å². The van der Waals surface area contributed by atoms with Crippen molar-refractivity contribution in [2.45, 2.75) is 0 Å².